The SMILES string of the molecule is COC(=O)c1nccc2[nH]ccc12. The molecule has 0 unspecified atom stereocenters. The molecular formula is C9H8N2O2. The van der Waals surface area contributed by atoms with Gasteiger partial charge in [0.15, 0.2) is 5.69 Å². The Kier molecular flexibility index (Phi) is 1.73. The number of fused-ring (bicyclic) bond motifs is 1. The third kappa shape index (κ3) is 1.16. The highest BCUT2D eigenvalue weighted by atomic mass is 16.5. The smallest absolute Gasteiger partial charge is 0.357 e. The number of ether oxygens (including phenoxy) is 1. The summed E-state index contributed by atoms with van der Waals surface area (Å²) in [6.07, 6.45) is 3.34. The van der Waals surface area contributed by atoms with Gasteiger partial charge >= 0.3 is 5.97 Å². The summed E-state index contributed by atoms with van der Waals surface area (Å²) in [6, 6.07) is 3.61. The van der Waals surface area contributed by atoms with Gasteiger partial charge in [0.05, 0.1) is 7.11 Å². The highest BCUT2D eigenvalue weighted by Crippen LogP contribution is 2.15. The molecular weight excluding hydrogens is 168 g/mol. The highest BCUT2D eigenvalue weighted by Gasteiger charge is 2.11. The Labute approximate surface area is 74.5 Å². The topological polar surface area (TPSA) is 55.0 Å². The first kappa shape index (κ1) is 7.79. The van der Waals surface area contributed by atoms with Gasteiger partial charge in [-0.05, 0) is 12.1 Å². The average molecular weight is 176 g/mol. The second kappa shape index (κ2) is 2.90. The molecule has 0 atom stereocenters. The number of rotatable bonds is 1. The largest absolute Gasteiger partial charge is 0.464 e. The maximum atomic E-state index is 11.2. The van der Waals surface area contributed by atoms with E-state index in [-0.39, 0.29) is 0 Å². The number of hydrogen-bond acceptors (Lipinski definition) is 3. The van der Waals surface area contributed by atoms with E-state index < -0.39 is 5.97 Å². The summed E-state index contributed by atoms with van der Waals surface area (Å²) in [5, 5.41) is 0.786. The van der Waals surface area contributed by atoms with Crippen LogP contribution in [-0.2, 0) is 4.74 Å². The second-order valence-electron chi connectivity index (χ2n) is 2.59. The number of carbonyl (C=O) groups is 1. The van der Waals surface area contributed by atoms with Crippen molar-refractivity contribution in [3.05, 3.63) is 30.2 Å². The van der Waals surface area contributed by atoms with E-state index in [9.17, 15) is 4.79 Å². The molecule has 0 radical (unpaired) electrons. The summed E-state index contributed by atoms with van der Waals surface area (Å²) in [7, 11) is 1.34. The number of nitrogens with zero attached hydrogens (tertiary/aromatic N) is 1. The number of aromatic nitrogens is 2. The molecule has 0 amide bonds. The normalized spacial score (nSPS) is 10.2. The molecule has 13 heavy (non-hydrogen) atoms. The fourth-order valence-electron chi connectivity index (χ4n) is 1.24. The first-order chi connectivity index (χ1) is 6.33. The maximum Gasteiger partial charge on any atom is 0.357 e. The zero-order chi connectivity index (χ0) is 9.26. The highest BCUT2D eigenvalue weighted by molar-refractivity contribution is 6.01. The fraction of sp³-hybridized carbons (Fsp3) is 0.111. The monoisotopic (exact) mass is 176 g/mol. The summed E-state index contributed by atoms with van der Waals surface area (Å²) in [4.78, 5) is 18.2. The van der Waals surface area contributed by atoms with Crippen LogP contribution in [0.2, 0.25) is 0 Å². The molecule has 0 fully saturated rings. The van der Waals surface area contributed by atoms with Crippen molar-refractivity contribution in [2.24, 2.45) is 0 Å². The molecule has 2 aromatic rings. The molecule has 0 spiro atoms. The molecule has 0 aliphatic carbocycles. The molecule has 0 saturated carbocycles. The third-order valence-corrected chi connectivity index (χ3v) is 1.86. The van der Waals surface area contributed by atoms with Gasteiger partial charge in [-0.15, -0.1) is 0 Å². The van der Waals surface area contributed by atoms with Crippen molar-refractivity contribution in [2.45, 2.75) is 0 Å². The molecule has 0 aliphatic heterocycles. The molecule has 4 heteroatoms. The van der Waals surface area contributed by atoms with Gasteiger partial charge in [0.2, 0.25) is 0 Å². The minimum atomic E-state index is -0.412. The maximum absolute atomic E-state index is 11.2. The third-order valence-electron chi connectivity index (χ3n) is 1.86. The molecule has 4 nitrogen and oxygen atoms in total. The van der Waals surface area contributed by atoms with E-state index in [0.29, 0.717) is 5.69 Å². The first-order valence-corrected chi connectivity index (χ1v) is 3.83. The summed E-state index contributed by atoms with van der Waals surface area (Å²) >= 11 is 0. The van der Waals surface area contributed by atoms with Crippen LogP contribution in [0.4, 0.5) is 0 Å². The second-order valence-corrected chi connectivity index (χ2v) is 2.59. The van der Waals surface area contributed by atoms with E-state index in [2.05, 4.69) is 14.7 Å². The van der Waals surface area contributed by atoms with Gasteiger partial charge in [-0.25, -0.2) is 9.78 Å². The Bertz CT molecular complexity index is 448. The van der Waals surface area contributed by atoms with Crippen LogP contribution in [0.1, 0.15) is 10.5 Å². The zero-order valence-electron chi connectivity index (χ0n) is 7.07. The lowest BCUT2D eigenvalue weighted by Crippen LogP contribution is -2.03. The molecule has 2 heterocycles. The molecule has 2 aromatic heterocycles. The van der Waals surface area contributed by atoms with Crippen molar-refractivity contribution in [3.8, 4) is 0 Å². The summed E-state index contributed by atoms with van der Waals surface area (Å²) in [5.41, 5.74) is 1.23. The van der Waals surface area contributed by atoms with Crippen LogP contribution in [0.25, 0.3) is 10.9 Å². The lowest BCUT2D eigenvalue weighted by Gasteiger charge is -1.98. The number of aromatic amines is 1. The van der Waals surface area contributed by atoms with Crippen LogP contribution in [-0.4, -0.2) is 23.0 Å². The van der Waals surface area contributed by atoms with Gasteiger partial charge in [0.25, 0.3) is 0 Å². The summed E-state index contributed by atoms with van der Waals surface area (Å²) in [5.74, 6) is -0.412. The number of hydrogen-bond donors (Lipinski definition) is 1. The summed E-state index contributed by atoms with van der Waals surface area (Å²) < 4.78 is 4.60. The van der Waals surface area contributed by atoms with E-state index in [1.54, 1.807) is 18.5 Å². The standard InChI is InChI=1S/C9H8N2O2/c1-13-9(12)8-6-2-4-10-7(6)3-5-11-8/h2-5,10H,1H3. The minimum Gasteiger partial charge on any atom is -0.464 e. The predicted molar refractivity (Wildman–Crippen MR) is 47.4 cm³/mol. The Morgan fingerprint density at radius 2 is 2.38 bits per heavy atom. The molecule has 1 N–H and O–H groups in total. The van der Waals surface area contributed by atoms with Crippen molar-refractivity contribution in [1.29, 1.82) is 0 Å². The Hall–Kier alpha value is -1.84. The zero-order valence-corrected chi connectivity index (χ0v) is 7.07. The predicted octanol–water partition coefficient (Wildman–Crippen LogP) is 1.35. The number of H-pyrrole nitrogens is 1. The van der Waals surface area contributed by atoms with Crippen LogP contribution < -0.4 is 0 Å². The van der Waals surface area contributed by atoms with Crippen molar-refractivity contribution in [3.63, 3.8) is 0 Å². The summed E-state index contributed by atoms with van der Waals surface area (Å²) in [6.45, 7) is 0. The van der Waals surface area contributed by atoms with Crippen LogP contribution >= 0.6 is 0 Å². The fourth-order valence-corrected chi connectivity index (χ4v) is 1.24. The average Bonchev–Trinajstić information content (AvgIpc) is 2.63. The molecule has 66 valence electrons. The van der Waals surface area contributed by atoms with Gasteiger partial charge in [-0.3, -0.25) is 0 Å². The Morgan fingerprint density at radius 3 is 3.15 bits per heavy atom. The van der Waals surface area contributed by atoms with Gasteiger partial charge in [-0.1, -0.05) is 0 Å². The van der Waals surface area contributed by atoms with Crippen LogP contribution in [0.5, 0.6) is 0 Å². The molecule has 0 aromatic carbocycles. The van der Waals surface area contributed by atoms with Gasteiger partial charge in [-0.2, -0.15) is 0 Å². The van der Waals surface area contributed by atoms with Gasteiger partial charge < -0.3 is 9.72 Å². The minimum absolute atomic E-state index is 0.348. The number of pyridine rings is 1. The lowest BCUT2D eigenvalue weighted by atomic mass is 10.2. The molecule has 2 rings (SSSR count). The number of nitrogens with one attached hydrogen (secondary N) is 1. The number of carbonyl (C=O) groups excluding carboxylic acids is 1. The van der Waals surface area contributed by atoms with Crippen molar-refractivity contribution >= 4 is 16.9 Å². The first-order valence-electron chi connectivity index (χ1n) is 3.83. The van der Waals surface area contributed by atoms with E-state index in [1.807, 2.05) is 6.07 Å². The lowest BCUT2D eigenvalue weighted by molar-refractivity contribution is 0.0596. The number of methoxy groups -OCH3 is 1. The van der Waals surface area contributed by atoms with Crippen molar-refractivity contribution in [1.82, 2.24) is 9.97 Å². The van der Waals surface area contributed by atoms with Gasteiger partial charge in [0, 0.05) is 23.3 Å². The molecule has 0 saturated heterocycles. The van der Waals surface area contributed by atoms with E-state index in [4.69, 9.17) is 0 Å². The molecule has 0 aliphatic rings. The van der Waals surface area contributed by atoms with E-state index in [0.717, 1.165) is 10.9 Å². The van der Waals surface area contributed by atoms with Crippen LogP contribution in [0, 0.1) is 0 Å². The Morgan fingerprint density at radius 1 is 1.54 bits per heavy atom. The van der Waals surface area contributed by atoms with Crippen molar-refractivity contribution in [2.75, 3.05) is 7.11 Å². The van der Waals surface area contributed by atoms with Crippen LogP contribution in [0.3, 0.4) is 0 Å². The van der Waals surface area contributed by atoms with Crippen LogP contribution in [0.15, 0.2) is 24.5 Å². The van der Waals surface area contributed by atoms with Crippen molar-refractivity contribution < 1.29 is 9.53 Å². The number of esters is 1. The van der Waals surface area contributed by atoms with Gasteiger partial charge in [0.1, 0.15) is 0 Å². The quantitative estimate of drug-likeness (QED) is 0.667. The van der Waals surface area contributed by atoms with E-state index >= 15 is 0 Å². The Balaban J connectivity index is 2.67. The van der Waals surface area contributed by atoms with E-state index in [1.165, 1.54) is 7.11 Å². The molecule has 0 bridgehead atoms.